The quantitative estimate of drug-likeness (QED) is 0.171. The number of nitriles is 1. The second-order valence-electron chi connectivity index (χ2n) is 11.2. The summed E-state index contributed by atoms with van der Waals surface area (Å²) >= 11 is 0. The minimum absolute atomic E-state index is 0.103. The Morgan fingerprint density at radius 2 is 1.73 bits per heavy atom. The molecule has 0 bridgehead atoms. The Balaban J connectivity index is 2.24. The number of halogens is 3. The van der Waals surface area contributed by atoms with Gasteiger partial charge in [-0.1, -0.05) is 42.0 Å². The van der Waals surface area contributed by atoms with Gasteiger partial charge >= 0.3 is 6.18 Å². The molecule has 2 aromatic rings. The second-order valence-corrected chi connectivity index (χ2v) is 11.2. The highest BCUT2D eigenvalue weighted by atomic mass is 19.4. The maximum absolute atomic E-state index is 13.1. The monoisotopic (exact) mass is 617 g/mol. The standard InChI is InChI=1S/C31H38F3N5O5/c1-19-9-11-21(12-10-19)16-36-28(42)25(38-29(43)26(20(2)40)37-18-31(32,33)34)17-44-24-8-6-7-22(14-24)13-23(15-35)27(41)39-30(3,4)5/h6-14,20,25-26,37,40H,16-18H2,1-5H3,(H,36,42)(H,38,43)(H,39,41)/b23-13+/t20-,25+,26+/m1/s1. The second kappa shape index (κ2) is 15.9. The number of benzene rings is 2. The normalized spacial score (nSPS) is 14.0. The van der Waals surface area contributed by atoms with E-state index in [1.807, 2.05) is 30.4 Å². The van der Waals surface area contributed by atoms with Crippen LogP contribution < -0.4 is 26.0 Å². The fourth-order valence-corrected chi connectivity index (χ4v) is 3.77. The molecule has 44 heavy (non-hydrogen) atoms. The van der Waals surface area contributed by atoms with Gasteiger partial charge in [0.05, 0.1) is 12.6 Å². The minimum atomic E-state index is -4.64. The lowest BCUT2D eigenvalue weighted by Crippen LogP contribution is -2.58. The van der Waals surface area contributed by atoms with Crippen molar-refractivity contribution in [3.63, 3.8) is 0 Å². The number of alkyl halides is 3. The molecular formula is C31H38F3N5O5. The Hall–Kier alpha value is -4.41. The highest BCUT2D eigenvalue weighted by Crippen LogP contribution is 2.17. The van der Waals surface area contributed by atoms with Gasteiger partial charge in [-0.05, 0) is 64.0 Å². The third-order valence-electron chi connectivity index (χ3n) is 5.95. The van der Waals surface area contributed by atoms with Crippen molar-refractivity contribution in [3.05, 3.63) is 70.8 Å². The predicted molar refractivity (Wildman–Crippen MR) is 158 cm³/mol. The van der Waals surface area contributed by atoms with Gasteiger partial charge in [-0.3, -0.25) is 19.7 Å². The third-order valence-corrected chi connectivity index (χ3v) is 5.95. The molecule has 13 heteroatoms. The lowest BCUT2D eigenvalue weighted by Gasteiger charge is -2.25. The Morgan fingerprint density at radius 3 is 2.30 bits per heavy atom. The Labute approximate surface area is 254 Å². The largest absolute Gasteiger partial charge is 0.491 e. The van der Waals surface area contributed by atoms with Crippen LogP contribution >= 0.6 is 0 Å². The third kappa shape index (κ3) is 12.8. The highest BCUT2D eigenvalue weighted by molar-refractivity contribution is 6.02. The van der Waals surface area contributed by atoms with Gasteiger partial charge in [0, 0.05) is 12.1 Å². The number of amides is 3. The zero-order chi connectivity index (χ0) is 33.1. The molecule has 2 aromatic carbocycles. The van der Waals surface area contributed by atoms with Crippen molar-refractivity contribution in [2.24, 2.45) is 0 Å². The van der Waals surface area contributed by atoms with Crippen molar-refractivity contribution < 1.29 is 37.4 Å². The van der Waals surface area contributed by atoms with E-state index >= 15 is 0 Å². The van der Waals surface area contributed by atoms with E-state index in [0.717, 1.165) is 18.1 Å². The number of nitrogens with zero attached hydrogens (tertiary/aromatic N) is 1. The summed E-state index contributed by atoms with van der Waals surface area (Å²) in [5.41, 5.74) is 1.52. The SMILES string of the molecule is Cc1ccc(CNC(=O)[C@H](COc2cccc(/C=C(\C#N)C(=O)NC(C)(C)C)c2)NC(=O)[C@@H](NCC(F)(F)F)[C@@H](C)O)cc1. The molecule has 0 aliphatic heterocycles. The number of carbonyl (C=O) groups is 3. The molecule has 0 fully saturated rings. The summed E-state index contributed by atoms with van der Waals surface area (Å²) < 4.78 is 44.1. The van der Waals surface area contributed by atoms with Gasteiger partial charge in [0.1, 0.15) is 36.1 Å². The van der Waals surface area contributed by atoms with Crippen molar-refractivity contribution in [1.29, 1.82) is 5.26 Å². The smallest absolute Gasteiger partial charge is 0.401 e. The van der Waals surface area contributed by atoms with Crippen molar-refractivity contribution in [2.45, 2.75) is 71.1 Å². The van der Waals surface area contributed by atoms with Gasteiger partial charge in [-0.25, -0.2) is 0 Å². The first-order valence-corrected chi connectivity index (χ1v) is 13.8. The molecule has 0 aliphatic carbocycles. The Bertz CT molecular complexity index is 1360. The van der Waals surface area contributed by atoms with E-state index in [1.165, 1.54) is 12.1 Å². The average molecular weight is 618 g/mol. The molecule has 5 N–H and O–H groups in total. The molecule has 3 atom stereocenters. The van der Waals surface area contributed by atoms with E-state index in [1.54, 1.807) is 51.1 Å². The zero-order valence-corrected chi connectivity index (χ0v) is 25.2. The molecule has 0 heterocycles. The summed E-state index contributed by atoms with van der Waals surface area (Å²) in [6, 6.07) is 12.4. The molecule has 0 saturated carbocycles. The molecule has 0 unspecified atom stereocenters. The van der Waals surface area contributed by atoms with Gasteiger partial charge in [0.15, 0.2) is 0 Å². The molecule has 0 spiro atoms. The van der Waals surface area contributed by atoms with Crippen LogP contribution in [0.25, 0.3) is 6.08 Å². The maximum atomic E-state index is 13.1. The van der Waals surface area contributed by atoms with Crippen LogP contribution in [0.5, 0.6) is 5.75 Å². The zero-order valence-electron chi connectivity index (χ0n) is 25.2. The van der Waals surface area contributed by atoms with Crippen molar-refractivity contribution in [1.82, 2.24) is 21.3 Å². The molecule has 2 rings (SSSR count). The minimum Gasteiger partial charge on any atom is -0.491 e. The van der Waals surface area contributed by atoms with E-state index in [4.69, 9.17) is 4.74 Å². The molecular weight excluding hydrogens is 579 g/mol. The van der Waals surface area contributed by atoms with Crippen LogP contribution in [0.3, 0.4) is 0 Å². The number of nitrogens with one attached hydrogen (secondary N) is 4. The van der Waals surface area contributed by atoms with Crippen LogP contribution in [0, 0.1) is 18.3 Å². The number of aryl methyl sites for hydroxylation is 1. The number of hydrogen-bond acceptors (Lipinski definition) is 7. The van der Waals surface area contributed by atoms with E-state index in [0.29, 0.717) is 5.56 Å². The fourth-order valence-electron chi connectivity index (χ4n) is 3.77. The van der Waals surface area contributed by atoms with Gasteiger partial charge in [0.25, 0.3) is 5.91 Å². The molecule has 238 valence electrons. The van der Waals surface area contributed by atoms with Gasteiger partial charge < -0.3 is 25.8 Å². The lowest BCUT2D eigenvalue weighted by molar-refractivity contribution is -0.138. The number of aliphatic hydroxyl groups is 1. The van der Waals surface area contributed by atoms with E-state index in [2.05, 4.69) is 16.0 Å². The van der Waals surface area contributed by atoms with Crippen LogP contribution in [0.2, 0.25) is 0 Å². The molecule has 0 saturated heterocycles. The summed E-state index contributed by atoms with van der Waals surface area (Å²) in [5.74, 6) is -2.06. The van der Waals surface area contributed by atoms with Crippen LogP contribution in [0.4, 0.5) is 13.2 Å². The van der Waals surface area contributed by atoms with Crippen molar-refractivity contribution in [2.75, 3.05) is 13.2 Å². The number of ether oxygens (including phenoxy) is 1. The van der Waals surface area contributed by atoms with E-state index in [-0.39, 0.29) is 17.9 Å². The highest BCUT2D eigenvalue weighted by Gasteiger charge is 2.34. The molecule has 3 amide bonds. The number of carbonyl (C=O) groups excluding carboxylic acids is 3. The first kappa shape index (κ1) is 35.8. The average Bonchev–Trinajstić information content (AvgIpc) is 2.92. The topological polar surface area (TPSA) is 153 Å². The van der Waals surface area contributed by atoms with Crippen LogP contribution in [0.15, 0.2) is 54.1 Å². The number of aliphatic hydroxyl groups excluding tert-OH is 1. The number of rotatable bonds is 13. The molecule has 0 radical (unpaired) electrons. The first-order valence-electron chi connectivity index (χ1n) is 13.8. The maximum Gasteiger partial charge on any atom is 0.401 e. The van der Waals surface area contributed by atoms with Crippen LogP contribution in [0.1, 0.15) is 44.4 Å². The fraction of sp³-hybridized carbons (Fsp3) is 0.419. The first-order chi connectivity index (χ1) is 20.5. The summed E-state index contributed by atoms with van der Waals surface area (Å²) in [6.07, 6.45) is -4.79. The summed E-state index contributed by atoms with van der Waals surface area (Å²) in [7, 11) is 0. The van der Waals surface area contributed by atoms with Crippen molar-refractivity contribution >= 4 is 23.8 Å². The summed E-state index contributed by atoms with van der Waals surface area (Å²) in [6.45, 7) is 6.51. The van der Waals surface area contributed by atoms with E-state index in [9.17, 15) is 37.9 Å². The van der Waals surface area contributed by atoms with E-state index < -0.39 is 60.8 Å². The molecule has 0 aliphatic rings. The Kier molecular flexibility index (Phi) is 12.9. The van der Waals surface area contributed by atoms with Crippen molar-refractivity contribution in [3.8, 4) is 11.8 Å². The van der Waals surface area contributed by atoms with Gasteiger partial charge in [0.2, 0.25) is 11.8 Å². The molecule has 10 nitrogen and oxygen atoms in total. The molecule has 0 aromatic heterocycles. The predicted octanol–water partition coefficient (Wildman–Crippen LogP) is 2.90. The lowest BCUT2D eigenvalue weighted by atomic mass is 10.1. The van der Waals surface area contributed by atoms with Crippen LogP contribution in [-0.2, 0) is 20.9 Å². The summed E-state index contributed by atoms with van der Waals surface area (Å²) in [4.78, 5) is 38.5. The van der Waals surface area contributed by atoms with Gasteiger partial charge in [-0.2, -0.15) is 18.4 Å². The van der Waals surface area contributed by atoms with Gasteiger partial charge in [-0.15, -0.1) is 0 Å². The number of hydrogen-bond donors (Lipinski definition) is 5. The Morgan fingerprint density at radius 1 is 1.07 bits per heavy atom. The summed E-state index contributed by atoms with van der Waals surface area (Å²) in [5, 5.41) is 29.2. The van der Waals surface area contributed by atoms with Crippen LogP contribution in [-0.4, -0.2) is 65.9 Å².